The first-order valence-corrected chi connectivity index (χ1v) is 7.34. The number of hydrogen-bond donors (Lipinski definition) is 1. The highest BCUT2D eigenvalue weighted by Crippen LogP contribution is 2.35. The molecule has 19 heavy (non-hydrogen) atoms. The van der Waals surface area contributed by atoms with Gasteiger partial charge in [-0.3, -0.25) is 4.79 Å². The van der Waals surface area contributed by atoms with E-state index in [2.05, 4.69) is 38.1 Å². The van der Waals surface area contributed by atoms with Gasteiger partial charge in [-0.1, -0.05) is 49.6 Å². The van der Waals surface area contributed by atoms with Gasteiger partial charge in [0.2, 0.25) is 0 Å². The molecule has 0 heterocycles. The molecule has 1 aliphatic carbocycles. The number of carboxylic acids is 1. The summed E-state index contributed by atoms with van der Waals surface area (Å²) in [6, 6.07) is 8.27. The lowest BCUT2D eigenvalue weighted by Crippen LogP contribution is -2.29. The zero-order valence-corrected chi connectivity index (χ0v) is 11.9. The number of rotatable bonds is 4. The predicted octanol–water partition coefficient (Wildman–Crippen LogP) is 4.06. The third kappa shape index (κ3) is 3.82. The van der Waals surface area contributed by atoms with Crippen LogP contribution in [0.3, 0.4) is 0 Å². The van der Waals surface area contributed by atoms with Crippen LogP contribution in [-0.2, 0) is 11.2 Å². The second-order valence-corrected chi connectivity index (χ2v) is 6.17. The summed E-state index contributed by atoms with van der Waals surface area (Å²) in [6.45, 7) is 4.30. The monoisotopic (exact) mass is 260 g/mol. The molecule has 2 nitrogen and oxygen atoms in total. The maximum absolute atomic E-state index is 11.6. The fourth-order valence-electron chi connectivity index (χ4n) is 3.28. The van der Waals surface area contributed by atoms with E-state index in [4.69, 9.17) is 0 Å². The van der Waals surface area contributed by atoms with Gasteiger partial charge in [-0.05, 0) is 43.6 Å². The Morgan fingerprint density at radius 2 is 2.00 bits per heavy atom. The van der Waals surface area contributed by atoms with Crippen molar-refractivity contribution < 1.29 is 9.90 Å². The van der Waals surface area contributed by atoms with Crippen LogP contribution in [0.15, 0.2) is 24.3 Å². The summed E-state index contributed by atoms with van der Waals surface area (Å²) < 4.78 is 0. The molecule has 1 aromatic carbocycles. The number of benzene rings is 1. The van der Waals surface area contributed by atoms with E-state index in [1.165, 1.54) is 18.4 Å². The van der Waals surface area contributed by atoms with E-state index in [9.17, 15) is 9.90 Å². The van der Waals surface area contributed by atoms with Crippen LogP contribution < -0.4 is 0 Å². The van der Waals surface area contributed by atoms with Crippen molar-refractivity contribution >= 4 is 5.97 Å². The minimum atomic E-state index is -0.625. The molecule has 3 atom stereocenters. The molecule has 1 fully saturated rings. The fourth-order valence-corrected chi connectivity index (χ4v) is 3.28. The Labute approximate surface area is 115 Å². The van der Waals surface area contributed by atoms with Crippen molar-refractivity contribution in [3.8, 4) is 0 Å². The van der Waals surface area contributed by atoms with Crippen molar-refractivity contribution in [3.05, 3.63) is 35.4 Å². The van der Waals surface area contributed by atoms with Crippen molar-refractivity contribution in [3.63, 3.8) is 0 Å². The van der Waals surface area contributed by atoms with E-state index in [-0.39, 0.29) is 5.92 Å². The second kappa shape index (κ2) is 6.23. The van der Waals surface area contributed by atoms with Crippen LogP contribution in [0.25, 0.3) is 0 Å². The Hall–Kier alpha value is -1.31. The van der Waals surface area contributed by atoms with Gasteiger partial charge in [-0.2, -0.15) is 0 Å². The lowest BCUT2D eigenvalue weighted by atomic mass is 9.74. The van der Waals surface area contributed by atoms with E-state index in [0.29, 0.717) is 18.3 Å². The standard InChI is InChI=1S/C17H24O2/c1-12-6-8-14(9-7-12)11-16(17(18)19)15-5-3-4-13(2)10-15/h6-9,13,15-16H,3-5,10-11H2,1-2H3,(H,18,19). The van der Waals surface area contributed by atoms with Crippen LogP contribution in [0.5, 0.6) is 0 Å². The van der Waals surface area contributed by atoms with E-state index < -0.39 is 5.97 Å². The Morgan fingerprint density at radius 3 is 2.58 bits per heavy atom. The first-order valence-electron chi connectivity index (χ1n) is 7.34. The molecular weight excluding hydrogens is 236 g/mol. The van der Waals surface area contributed by atoms with Crippen molar-refractivity contribution in [1.29, 1.82) is 0 Å². The second-order valence-electron chi connectivity index (χ2n) is 6.17. The molecule has 104 valence electrons. The van der Waals surface area contributed by atoms with Gasteiger partial charge >= 0.3 is 5.97 Å². The predicted molar refractivity (Wildman–Crippen MR) is 77.1 cm³/mol. The zero-order valence-electron chi connectivity index (χ0n) is 11.9. The van der Waals surface area contributed by atoms with Gasteiger partial charge in [-0.15, -0.1) is 0 Å². The van der Waals surface area contributed by atoms with Gasteiger partial charge in [0.05, 0.1) is 5.92 Å². The zero-order chi connectivity index (χ0) is 13.8. The molecule has 3 unspecified atom stereocenters. The molecule has 1 aliphatic rings. The summed E-state index contributed by atoms with van der Waals surface area (Å²) in [5.41, 5.74) is 2.37. The van der Waals surface area contributed by atoms with Gasteiger partial charge in [-0.25, -0.2) is 0 Å². The summed E-state index contributed by atoms with van der Waals surface area (Å²) in [5.74, 6) is 0.186. The van der Waals surface area contributed by atoms with Crippen LogP contribution >= 0.6 is 0 Å². The summed E-state index contributed by atoms with van der Waals surface area (Å²) in [4.78, 5) is 11.6. The molecule has 0 spiro atoms. The highest BCUT2D eigenvalue weighted by molar-refractivity contribution is 5.70. The molecule has 0 aliphatic heterocycles. The smallest absolute Gasteiger partial charge is 0.307 e. The average Bonchev–Trinajstić information content (AvgIpc) is 2.37. The number of carbonyl (C=O) groups is 1. The quantitative estimate of drug-likeness (QED) is 0.886. The van der Waals surface area contributed by atoms with E-state index >= 15 is 0 Å². The maximum Gasteiger partial charge on any atom is 0.307 e. The third-order valence-electron chi connectivity index (χ3n) is 4.44. The van der Waals surface area contributed by atoms with E-state index in [1.807, 2.05) is 0 Å². The fraction of sp³-hybridized carbons (Fsp3) is 0.588. The van der Waals surface area contributed by atoms with Crippen LogP contribution in [-0.4, -0.2) is 11.1 Å². The topological polar surface area (TPSA) is 37.3 Å². The Morgan fingerprint density at radius 1 is 1.32 bits per heavy atom. The Balaban J connectivity index is 2.07. The average molecular weight is 260 g/mol. The van der Waals surface area contributed by atoms with Crippen LogP contribution in [0.1, 0.15) is 43.7 Å². The summed E-state index contributed by atoms with van der Waals surface area (Å²) in [7, 11) is 0. The van der Waals surface area contributed by atoms with Crippen molar-refractivity contribution in [2.24, 2.45) is 17.8 Å². The molecule has 0 amide bonds. The first-order chi connectivity index (χ1) is 9.06. The maximum atomic E-state index is 11.6. The molecule has 2 heteroatoms. The first kappa shape index (κ1) is 14.1. The van der Waals surface area contributed by atoms with E-state index in [0.717, 1.165) is 18.4 Å². The lowest BCUT2D eigenvalue weighted by Gasteiger charge is -2.31. The summed E-state index contributed by atoms with van der Waals surface area (Å²) >= 11 is 0. The number of hydrogen-bond acceptors (Lipinski definition) is 1. The molecule has 0 aromatic heterocycles. The number of aryl methyl sites for hydroxylation is 1. The highest BCUT2D eigenvalue weighted by atomic mass is 16.4. The molecule has 0 bridgehead atoms. The van der Waals surface area contributed by atoms with Crippen LogP contribution in [0, 0.1) is 24.7 Å². The van der Waals surface area contributed by atoms with Crippen LogP contribution in [0.2, 0.25) is 0 Å². The van der Waals surface area contributed by atoms with Crippen molar-refractivity contribution in [1.82, 2.24) is 0 Å². The lowest BCUT2D eigenvalue weighted by molar-refractivity contribution is -0.144. The molecular formula is C17H24O2. The number of carboxylic acid groups (broad SMARTS) is 1. The Bertz CT molecular complexity index is 421. The minimum Gasteiger partial charge on any atom is -0.481 e. The minimum absolute atomic E-state index is 0.217. The Kier molecular flexibility index (Phi) is 4.62. The van der Waals surface area contributed by atoms with Crippen LogP contribution in [0.4, 0.5) is 0 Å². The van der Waals surface area contributed by atoms with Gasteiger partial charge in [0.1, 0.15) is 0 Å². The van der Waals surface area contributed by atoms with Gasteiger partial charge < -0.3 is 5.11 Å². The van der Waals surface area contributed by atoms with E-state index in [1.54, 1.807) is 0 Å². The molecule has 0 radical (unpaired) electrons. The highest BCUT2D eigenvalue weighted by Gasteiger charge is 2.31. The van der Waals surface area contributed by atoms with Gasteiger partial charge in [0, 0.05) is 0 Å². The molecule has 2 rings (SSSR count). The third-order valence-corrected chi connectivity index (χ3v) is 4.44. The summed E-state index contributed by atoms with van der Waals surface area (Å²) in [5, 5.41) is 9.53. The number of aliphatic carboxylic acids is 1. The van der Waals surface area contributed by atoms with Gasteiger partial charge in [0.25, 0.3) is 0 Å². The molecule has 1 saturated carbocycles. The normalized spacial score (nSPS) is 24.9. The SMILES string of the molecule is Cc1ccc(CC(C(=O)O)C2CCCC(C)C2)cc1. The largest absolute Gasteiger partial charge is 0.481 e. The van der Waals surface area contributed by atoms with Gasteiger partial charge in [0.15, 0.2) is 0 Å². The molecule has 1 N–H and O–H groups in total. The summed E-state index contributed by atoms with van der Waals surface area (Å²) in [6.07, 6.45) is 5.26. The van der Waals surface area contributed by atoms with Crippen molar-refractivity contribution in [2.75, 3.05) is 0 Å². The van der Waals surface area contributed by atoms with Crippen molar-refractivity contribution in [2.45, 2.75) is 46.0 Å². The molecule has 1 aromatic rings. The molecule has 0 saturated heterocycles.